The first kappa shape index (κ1) is 18.7. The number of hydrogen-bond donors (Lipinski definition) is 1. The summed E-state index contributed by atoms with van der Waals surface area (Å²) >= 11 is 1.33. The summed E-state index contributed by atoms with van der Waals surface area (Å²) in [5.74, 6) is 1.59. The summed E-state index contributed by atoms with van der Waals surface area (Å²) in [7, 11) is 1.59. The van der Waals surface area contributed by atoms with Gasteiger partial charge in [-0.2, -0.15) is 5.10 Å². The molecule has 6 nitrogen and oxygen atoms in total. The lowest BCUT2D eigenvalue weighted by Gasteiger charge is -2.09. The molecule has 3 rings (SSSR count). The van der Waals surface area contributed by atoms with Gasteiger partial charge in [0, 0.05) is 0 Å². The van der Waals surface area contributed by atoms with Crippen molar-refractivity contribution < 1.29 is 14.3 Å². The van der Waals surface area contributed by atoms with Gasteiger partial charge in [-0.1, -0.05) is 48.2 Å². The van der Waals surface area contributed by atoms with Crippen molar-refractivity contribution in [2.75, 3.05) is 19.5 Å². The van der Waals surface area contributed by atoms with Gasteiger partial charge in [0.2, 0.25) is 5.91 Å². The van der Waals surface area contributed by atoms with Crippen molar-refractivity contribution in [2.45, 2.75) is 0 Å². The summed E-state index contributed by atoms with van der Waals surface area (Å²) in [5, 5.41) is 11.1. The van der Waals surface area contributed by atoms with Gasteiger partial charge in [0.1, 0.15) is 6.61 Å². The van der Waals surface area contributed by atoms with Crippen LogP contribution in [0.3, 0.4) is 0 Å². The van der Waals surface area contributed by atoms with Crippen molar-refractivity contribution in [3.8, 4) is 11.5 Å². The van der Waals surface area contributed by atoms with Crippen LogP contribution < -0.4 is 14.8 Å². The molecule has 2 aromatic carbocycles. The number of methoxy groups -OCH3 is 1. The van der Waals surface area contributed by atoms with Gasteiger partial charge in [-0.15, -0.1) is 5.10 Å². The molecule has 0 atom stereocenters. The van der Waals surface area contributed by atoms with E-state index in [9.17, 15) is 4.79 Å². The Hall–Kier alpha value is -3.06. The molecule has 138 valence electrons. The largest absolute Gasteiger partial charge is 0.493 e. The van der Waals surface area contributed by atoms with Crippen molar-refractivity contribution in [1.82, 2.24) is 5.32 Å². The highest BCUT2D eigenvalue weighted by molar-refractivity contribution is 8.15. The van der Waals surface area contributed by atoms with Crippen LogP contribution in [-0.4, -0.2) is 36.8 Å². The van der Waals surface area contributed by atoms with Gasteiger partial charge >= 0.3 is 0 Å². The predicted molar refractivity (Wildman–Crippen MR) is 110 cm³/mol. The maximum Gasteiger partial charge on any atom is 0.236 e. The van der Waals surface area contributed by atoms with Gasteiger partial charge in [-0.3, -0.25) is 4.79 Å². The Morgan fingerprint density at radius 3 is 2.74 bits per heavy atom. The second-order valence-electron chi connectivity index (χ2n) is 5.52. The third-order valence-corrected chi connectivity index (χ3v) is 4.44. The van der Waals surface area contributed by atoms with E-state index in [1.54, 1.807) is 13.3 Å². The van der Waals surface area contributed by atoms with Crippen LogP contribution in [0.5, 0.6) is 11.5 Å². The number of nitrogens with zero attached hydrogens (tertiary/aromatic N) is 2. The fourth-order valence-electron chi connectivity index (χ4n) is 2.30. The highest BCUT2D eigenvalue weighted by atomic mass is 32.2. The second-order valence-corrected chi connectivity index (χ2v) is 6.48. The zero-order chi connectivity index (χ0) is 18.9. The van der Waals surface area contributed by atoms with Crippen LogP contribution in [0.4, 0.5) is 0 Å². The summed E-state index contributed by atoms with van der Waals surface area (Å²) in [6.07, 6.45) is 5.56. The molecule has 1 aliphatic heterocycles. The van der Waals surface area contributed by atoms with E-state index in [1.807, 2.05) is 60.7 Å². The number of amidine groups is 1. The molecule has 0 bridgehead atoms. The van der Waals surface area contributed by atoms with Gasteiger partial charge in [0.25, 0.3) is 0 Å². The van der Waals surface area contributed by atoms with Crippen LogP contribution in [-0.2, 0) is 4.79 Å². The normalized spacial score (nSPS) is 15.6. The van der Waals surface area contributed by atoms with E-state index >= 15 is 0 Å². The molecule has 2 aromatic rings. The molecule has 1 fully saturated rings. The predicted octanol–water partition coefficient (Wildman–Crippen LogP) is 3.34. The second kappa shape index (κ2) is 9.59. The Labute approximate surface area is 162 Å². The molecule has 1 amide bonds. The van der Waals surface area contributed by atoms with E-state index in [-0.39, 0.29) is 5.91 Å². The molecule has 0 saturated carbocycles. The summed E-state index contributed by atoms with van der Waals surface area (Å²) in [6, 6.07) is 15.5. The number of ether oxygens (including phenoxy) is 2. The molecule has 1 saturated heterocycles. The third kappa shape index (κ3) is 5.72. The van der Waals surface area contributed by atoms with Crippen molar-refractivity contribution in [1.29, 1.82) is 0 Å². The van der Waals surface area contributed by atoms with E-state index in [0.29, 0.717) is 29.0 Å². The highest BCUT2D eigenvalue weighted by Gasteiger charge is 2.15. The average Bonchev–Trinajstić information content (AvgIpc) is 3.11. The fraction of sp³-hybridized carbons (Fsp3) is 0.150. The quantitative estimate of drug-likeness (QED) is 0.590. The molecule has 0 aliphatic carbocycles. The molecule has 0 radical (unpaired) electrons. The van der Waals surface area contributed by atoms with E-state index < -0.39 is 0 Å². The number of rotatable bonds is 7. The summed E-state index contributed by atoms with van der Waals surface area (Å²) < 4.78 is 11.2. The maximum atomic E-state index is 11.1. The lowest BCUT2D eigenvalue weighted by atomic mass is 10.2. The Bertz CT molecular complexity index is 879. The minimum atomic E-state index is -0.0570. The van der Waals surface area contributed by atoms with Gasteiger partial charge in [0.05, 0.1) is 19.1 Å². The topological polar surface area (TPSA) is 72.3 Å². The van der Waals surface area contributed by atoms with Crippen molar-refractivity contribution in [3.63, 3.8) is 0 Å². The summed E-state index contributed by atoms with van der Waals surface area (Å²) in [4.78, 5) is 11.1. The smallest absolute Gasteiger partial charge is 0.236 e. The number of carbonyl (C=O) groups excluding carboxylic acids is 1. The van der Waals surface area contributed by atoms with Crippen LogP contribution >= 0.6 is 11.8 Å². The molecule has 1 N–H and O–H groups in total. The van der Waals surface area contributed by atoms with E-state index in [0.717, 1.165) is 11.1 Å². The maximum absolute atomic E-state index is 11.1. The van der Waals surface area contributed by atoms with Crippen molar-refractivity contribution >= 4 is 35.1 Å². The SMILES string of the molecule is COc1cc(C=NN=C2NC(=O)CS2)ccc1OCC=Cc1ccccc1. The van der Waals surface area contributed by atoms with Crippen molar-refractivity contribution in [3.05, 3.63) is 65.7 Å². The zero-order valence-corrected chi connectivity index (χ0v) is 15.6. The lowest BCUT2D eigenvalue weighted by Crippen LogP contribution is -2.19. The van der Waals surface area contributed by atoms with E-state index in [4.69, 9.17) is 9.47 Å². The summed E-state index contributed by atoms with van der Waals surface area (Å²) in [6.45, 7) is 0.434. The number of benzene rings is 2. The third-order valence-electron chi connectivity index (χ3n) is 3.57. The average molecular weight is 381 g/mol. The van der Waals surface area contributed by atoms with Crippen LogP contribution in [0.2, 0.25) is 0 Å². The monoisotopic (exact) mass is 381 g/mol. The van der Waals surface area contributed by atoms with E-state index in [2.05, 4.69) is 15.5 Å². The number of carbonyl (C=O) groups is 1. The van der Waals surface area contributed by atoms with Crippen LogP contribution in [0.25, 0.3) is 6.08 Å². The van der Waals surface area contributed by atoms with Gasteiger partial charge in [-0.25, -0.2) is 0 Å². The Morgan fingerprint density at radius 1 is 1.15 bits per heavy atom. The Kier molecular flexibility index (Phi) is 6.65. The first-order chi connectivity index (χ1) is 13.2. The fourth-order valence-corrected chi connectivity index (χ4v) is 2.93. The van der Waals surface area contributed by atoms with Gasteiger partial charge in [0.15, 0.2) is 16.7 Å². The summed E-state index contributed by atoms with van der Waals surface area (Å²) in [5.41, 5.74) is 1.94. The molecule has 0 spiro atoms. The van der Waals surface area contributed by atoms with E-state index in [1.165, 1.54) is 11.8 Å². The molecule has 0 unspecified atom stereocenters. The minimum Gasteiger partial charge on any atom is -0.493 e. The minimum absolute atomic E-state index is 0.0570. The number of amides is 1. The lowest BCUT2D eigenvalue weighted by molar-refractivity contribution is -0.116. The van der Waals surface area contributed by atoms with Gasteiger partial charge < -0.3 is 14.8 Å². The van der Waals surface area contributed by atoms with Gasteiger partial charge in [-0.05, 0) is 35.4 Å². The molecule has 0 aromatic heterocycles. The van der Waals surface area contributed by atoms with Crippen LogP contribution in [0.1, 0.15) is 11.1 Å². The molecule has 1 aliphatic rings. The highest BCUT2D eigenvalue weighted by Crippen LogP contribution is 2.27. The standard InChI is InChI=1S/C20H19N3O3S/c1-25-18-12-16(13-21-23-20-22-19(24)14-27-20)9-10-17(18)26-11-5-8-15-6-3-2-4-7-15/h2-10,12-13H,11,14H2,1H3,(H,22,23,24). The molecular weight excluding hydrogens is 362 g/mol. The Morgan fingerprint density at radius 2 is 2.00 bits per heavy atom. The molecule has 27 heavy (non-hydrogen) atoms. The number of hydrogen-bond acceptors (Lipinski definition) is 6. The van der Waals surface area contributed by atoms with Crippen molar-refractivity contribution in [2.24, 2.45) is 10.2 Å². The van der Waals surface area contributed by atoms with Crippen LogP contribution in [0, 0.1) is 0 Å². The first-order valence-electron chi connectivity index (χ1n) is 8.31. The number of thioether (sulfide) groups is 1. The van der Waals surface area contributed by atoms with Crippen LogP contribution in [0.15, 0.2) is 64.8 Å². The molecule has 1 heterocycles. The first-order valence-corrected chi connectivity index (χ1v) is 9.29. The Balaban J connectivity index is 1.58. The zero-order valence-electron chi connectivity index (χ0n) is 14.8. The molecule has 7 heteroatoms. The molecular formula is C20H19N3O3S. The number of nitrogens with one attached hydrogen (secondary N) is 1.